The Morgan fingerprint density at radius 3 is 2.78 bits per heavy atom. The highest BCUT2D eigenvalue weighted by molar-refractivity contribution is 8.00. The average Bonchev–Trinajstić information content (AvgIpc) is 2.41. The lowest BCUT2D eigenvalue weighted by Crippen LogP contribution is -1.87. The number of nitrogens with zero attached hydrogens (tertiary/aromatic N) is 3. The third-order valence-corrected chi connectivity index (χ3v) is 4.07. The number of thioether (sulfide) groups is 1. The molecule has 0 N–H and O–H groups in total. The molecule has 0 atom stereocenters. The first-order chi connectivity index (χ1) is 8.85. The number of hydrogen-bond acceptors (Lipinski definition) is 5. The SMILES string of the molecule is CCSc1cccc(Sc2cnccn2)c1C#N. The van der Waals surface area contributed by atoms with Crippen molar-refractivity contribution in [2.45, 2.75) is 21.7 Å². The minimum absolute atomic E-state index is 0.722. The van der Waals surface area contributed by atoms with E-state index in [4.69, 9.17) is 0 Å². The Labute approximate surface area is 115 Å². The third kappa shape index (κ3) is 3.03. The maximum absolute atomic E-state index is 9.29. The highest BCUT2D eigenvalue weighted by Gasteiger charge is 2.09. The molecule has 0 unspecified atom stereocenters. The second-order valence-electron chi connectivity index (χ2n) is 3.32. The van der Waals surface area contributed by atoms with E-state index >= 15 is 0 Å². The van der Waals surface area contributed by atoms with Gasteiger partial charge in [-0.25, -0.2) is 4.98 Å². The van der Waals surface area contributed by atoms with Crippen LogP contribution in [-0.4, -0.2) is 15.7 Å². The van der Waals surface area contributed by atoms with Gasteiger partial charge in [0.1, 0.15) is 11.1 Å². The van der Waals surface area contributed by atoms with Crippen LogP contribution in [-0.2, 0) is 0 Å². The number of nitriles is 1. The quantitative estimate of drug-likeness (QED) is 0.796. The lowest BCUT2D eigenvalue weighted by Gasteiger charge is -2.07. The summed E-state index contributed by atoms with van der Waals surface area (Å²) in [4.78, 5) is 10.2. The van der Waals surface area contributed by atoms with Gasteiger partial charge in [0.2, 0.25) is 0 Å². The van der Waals surface area contributed by atoms with Gasteiger partial charge in [-0.05, 0) is 17.9 Å². The summed E-state index contributed by atoms with van der Waals surface area (Å²) in [7, 11) is 0. The van der Waals surface area contributed by atoms with Crippen molar-refractivity contribution < 1.29 is 0 Å². The number of hydrogen-bond donors (Lipinski definition) is 0. The second kappa shape index (κ2) is 6.43. The van der Waals surface area contributed by atoms with E-state index in [9.17, 15) is 5.26 Å². The van der Waals surface area contributed by atoms with Crippen LogP contribution in [0.4, 0.5) is 0 Å². The highest BCUT2D eigenvalue weighted by atomic mass is 32.2. The van der Waals surface area contributed by atoms with Gasteiger partial charge < -0.3 is 0 Å². The van der Waals surface area contributed by atoms with Crippen molar-refractivity contribution in [3.8, 4) is 6.07 Å². The molecule has 0 saturated heterocycles. The van der Waals surface area contributed by atoms with Gasteiger partial charge in [-0.1, -0.05) is 24.8 Å². The van der Waals surface area contributed by atoms with Gasteiger partial charge in [0.15, 0.2) is 0 Å². The van der Waals surface area contributed by atoms with Crippen LogP contribution in [0.2, 0.25) is 0 Å². The van der Waals surface area contributed by atoms with Crippen LogP contribution in [0.15, 0.2) is 51.6 Å². The van der Waals surface area contributed by atoms with E-state index in [-0.39, 0.29) is 0 Å². The minimum Gasteiger partial charge on any atom is -0.260 e. The highest BCUT2D eigenvalue weighted by Crippen LogP contribution is 2.33. The molecule has 0 radical (unpaired) electrons. The van der Waals surface area contributed by atoms with Crippen molar-refractivity contribution in [1.29, 1.82) is 5.26 Å². The summed E-state index contributed by atoms with van der Waals surface area (Å²) >= 11 is 3.15. The van der Waals surface area contributed by atoms with Crippen molar-refractivity contribution >= 4 is 23.5 Å². The third-order valence-electron chi connectivity index (χ3n) is 2.15. The summed E-state index contributed by atoms with van der Waals surface area (Å²) in [6.45, 7) is 2.08. The first-order valence-corrected chi connectivity index (χ1v) is 7.25. The Morgan fingerprint density at radius 2 is 2.11 bits per heavy atom. The molecule has 0 amide bonds. The van der Waals surface area contributed by atoms with Crippen molar-refractivity contribution in [1.82, 2.24) is 9.97 Å². The zero-order chi connectivity index (χ0) is 12.8. The van der Waals surface area contributed by atoms with E-state index in [1.807, 2.05) is 18.2 Å². The summed E-state index contributed by atoms with van der Waals surface area (Å²) in [6.07, 6.45) is 4.99. The predicted molar refractivity (Wildman–Crippen MR) is 73.7 cm³/mol. The largest absolute Gasteiger partial charge is 0.260 e. The van der Waals surface area contributed by atoms with Crippen LogP contribution < -0.4 is 0 Å². The molecule has 0 bridgehead atoms. The van der Waals surface area contributed by atoms with Gasteiger partial charge in [0, 0.05) is 22.2 Å². The van der Waals surface area contributed by atoms with Crippen LogP contribution in [0.3, 0.4) is 0 Å². The van der Waals surface area contributed by atoms with Gasteiger partial charge >= 0.3 is 0 Å². The molecule has 3 nitrogen and oxygen atoms in total. The predicted octanol–water partition coefficient (Wildman–Crippen LogP) is 3.61. The van der Waals surface area contributed by atoms with Crippen molar-refractivity contribution in [2.24, 2.45) is 0 Å². The Morgan fingerprint density at radius 1 is 1.28 bits per heavy atom. The Bertz CT molecular complexity index is 564. The smallest absolute Gasteiger partial charge is 0.119 e. The fourth-order valence-electron chi connectivity index (χ4n) is 1.43. The van der Waals surface area contributed by atoms with E-state index in [1.165, 1.54) is 11.8 Å². The van der Waals surface area contributed by atoms with E-state index in [0.717, 1.165) is 26.1 Å². The molecule has 1 heterocycles. The summed E-state index contributed by atoms with van der Waals surface area (Å²) in [6, 6.07) is 8.17. The summed E-state index contributed by atoms with van der Waals surface area (Å²) in [5, 5.41) is 10.1. The van der Waals surface area contributed by atoms with Gasteiger partial charge in [-0.15, -0.1) is 11.8 Å². The zero-order valence-electron chi connectivity index (χ0n) is 9.83. The second-order valence-corrected chi connectivity index (χ2v) is 5.69. The Hall–Kier alpha value is -1.51. The molecule has 2 aromatic rings. The lowest BCUT2D eigenvalue weighted by molar-refractivity contribution is 1.05. The van der Waals surface area contributed by atoms with E-state index in [0.29, 0.717) is 0 Å². The minimum atomic E-state index is 0.722. The normalized spacial score (nSPS) is 10.0. The molecule has 18 heavy (non-hydrogen) atoms. The lowest BCUT2D eigenvalue weighted by atomic mass is 10.2. The molecule has 2 rings (SSSR count). The summed E-state index contributed by atoms with van der Waals surface area (Å²) in [5.41, 5.74) is 0.722. The molecular formula is C13H11N3S2. The first kappa shape index (κ1) is 12.9. The van der Waals surface area contributed by atoms with E-state index < -0.39 is 0 Å². The number of aromatic nitrogens is 2. The van der Waals surface area contributed by atoms with Crippen LogP contribution in [0.1, 0.15) is 12.5 Å². The maximum atomic E-state index is 9.29. The molecule has 1 aromatic heterocycles. The van der Waals surface area contributed by atoms with Crippen molar-refractivity contribution in [3.05, 3.63) is 42.4 Å². The fourth-order valence-corrected chi connectivity index (χ4v) is 3.14. The number of benzene rings is 1. The zero-order valence-corrected chi connectivity index (χ0v) is 11.5. The molecular weight excluding hydrogens is 262 g/mol. The van der Waals surface area contributed by atoms with Crippen LogP contribution in [0.5, 0.6) is 0 Å². The molecule has 0 aliphatic heterocycles. The first-order valence-electron chi connectivity index (χ1n) is 5.45. The maximum Gasteiger partial charge on any atom is 0.119 e. The fraction of sp³-hybridized carbons (Fsp3) is 0.154. The average molecular weight is 273 g/mol. The molecule has 0 saturated carbocycles. The van der Waals surface area contributed by atoms with Crippen molar-refractivity contribution in [2.75, 3.05) is 5.75 Å². The molecule has 90 valence electrons. The van der Waals surface area contributed by atoms with Crippen LogP contribution in [0, 0.1) is 11.3 Å². The summed E-state index contributed by atoms with van der Waals surface area (Å²) < 4.78 is 0. The standard InChI is InChI=1S/C13H11N3S2/c1-2-17-11-4-3-5-12(10(11)8-14)18-13-9-15-6-7-16-13/h3-7,9H,2H2,1H3. The topological polar surface area (TPSA) is 49.6 Å². The van der Waals surface area contributed by atoms with Gasteiger partial charge in [0.05, 0.1) is 11.8 Å². The summed E-state index contributed by atoms with van der Waals surface area (Å²) in [5.74, 6) is 0.952. The molecule has 1 aromatic carbocycles. The molecule has 0 aliphatic carbocycles. The molecule has 5 heteroatoms. The monoisotopic (exact) mass is 273 g/mol. The Balaban J connectivity index is 2.34. The Kier molecular flexibility index (Phi) is 4.62. The van der Waals surface area contributed by atoms with Crippen LogP contribution in [0.25, 0.3) is 0 Å². The molecule has 0 aliphatic rings. The molecule has 0 fully saturated rings. The molecule has 0 spiro atoms. The van der Waals surface area contributed by atoms with Crippen molar-refractivity contribution in [3.63, 3.8) is 0 Å². The van der Waals surface area contributed by atoms with E-state index in [1.54, 1.807) is 30.4 Å². The van der Waals surface area contributed by atoms with Gasteiger partial charge in [0.25, 0.3) is 0 Å². The van der Waals surface area contributed by atoms with Gasteiger partial charge in [-0.2, -0.15) is 5.26 Å². The van der Waals surface area contributed by atoms with E-state index in [2.05, 4.69) is 23.0 Å². The van der Waals surface area contributed by atoms with Crippen LogP contribution >= 0.6 is 23.5 Å². The number of rotatable bonds is 4. The van der Waals surface area contributed by atoms with Gasteiger partial charge in [-0.3, -0.25) is 4.98 Å².